The number of carbonyl (C=O) groups excluding carboxylic acids is 1. The normalized spacial score (nSPS) is 15.3. The smallest absolute Gasteiger partial charge is 0.223 e. The molecule has 1 aliphatic heterocycles. The summed E-state index contributed by atoms with van der Waals surface area (Å²) in [7, 11) is 0. The van der Waals surface area contributed by atoms with Crippen LogP contribution in [0, 0.1) is 5.92 Å². The molecule has 0 spiro atoms. The number of aryl methyl sites for hydroxylation is 1. The van der Waals surface area contributed by atoms with Crippen molar-refractivity contribution in [2.75, 3.05) is 26.2 Å². The number of piperidine rings is 1. The monoisotopic (exact) mass is 381 g/mol. The van der Waals surface area contributed by atoms with Crippen LogP contribution in [0.1, 0.15) is 37.3 Å². The molecule has 1 fully saturated rings. The number of carbonyl (C=O) groups is 1. The zero-order valence-electron chi connectivity index (χ0n) is 16.8. The summed E-state index contributed by atoms with van der Waals surface area (Å²) in [5, 5.41) is 3.13. The minimum Gasteiger partial charge on any atom is -0.478 e. The van der Waals surface area contributed by atoms with Crippen LogP contribution in [0.25, 0.3) is 0 Å². The van der Waals surface area contributed by atoms with Crippen molar-refractivity contribution in [3.05, 3.63) is 59.8 Å². The number of benzene rings is 1. The minimum absolute atomic E-state index is 0.133. The molecular weight excluding hydrogens is 350 g/mol. The van der Waals surface area contributed by atoms with Crippen LogP contribution in [0.15, 0.2) is 48.7 Å². The number of hydrogen-bond acceptors (Lipinski definition) is 4. The van der Waals surface area contributed by atoms with Gasteiger partial charge in [-0.2, -0.15) is 0 Å². The molecule has 5 heteroatoms. The first kappa shape index (κ1) is 20.3. The molecule has 1 aliphatic rings. The van der Waals surface area contributed by atoms with Crippen molar-refractivity contribution in [2.45, 2.75) is 39.2 Å². The van der Waals surface area contributed by atoms with Gasteiger partial charge in [-0.3, -0.25) is 9.69 Å². The number of hydrogen-bond donors (Lipinski definition) is 1. The van der Waals surface area contributed by atoms with Crippen LogP contribution in [0.3, 0.4) is 0 Å². The van der Waals surface area contributed by atoms with Gasteiger partial charge < -0.3 is 10.1 Å². The van der Waals surface area contributed by atoms with Gasteiger partial charge in [0.25, 0.3) is 0 Å². The Kier molecular flexibility index (Phi) is 7.85. The molecule has 28 heavy (non-hydrogen) atoms. The molecule has 5 nitrogen and oxygen atoms in total. The van der Waals surface area contributed by atoms with Crippen LogP contribution < -0.4 is 10.1 Å². The predicted molar refractivity (Wildman–Crippen MR) is 111 cm³/mol. The van der Waals surface area contributed by atoms with Crippen LogP contribution in [0.4, 0.5) is 0 Å². The third kappa shape index (κ3) is 6.06. The van der Waals surface area contributed by atoms with Crippen LogP contribution in [-0.2, 0) is 17.8 Å². The summed E-state index contributed by atoms with van der Waals surface area (Å²) in [6, 6.07) is 14.4. The molecule has 1 saturated heterocycles. The van der Waals surface area contributed by atoms with Crippen molar-refractivity contribution in [3.63, 3.8) is 0 Å². The fourth-order valence-electron chi connectivity index (χ4n) is 3.70. The summed E-state index contributed by atoms with van der Waals surface area (Å²) in [6.07, 6.45) is 5.58. The Morgan fingerprint density at radius 2 is 1.96 bits per heavy atom. The van der Waals surface area contributed by atoms with Crippen LogP contribution >= 0.6 is 0 Å². The lowest BCUT2D eigenvalue weighted by molar-refractivity contribution is -0.126. The lowest BCUT2D eigenvalue weighted by Gasteiger charge is -2.31. The molecule has 150 valence electrons. The Balaban J connectivity index is 1.37. The molecule has 0 atom stereocenters. The van der Waals surface area contributed by atoms with Crippen molar-refractivity contribution < 1.29 is 9.53 Å². The summed E-state index contributed by atoms with van der Waals surface area (Å²) in [6.45, 7) is 6.04. The fraction of sp³-hybridized carbons (Fsp3) is 0.478. The van der Waals surface area contributed by atoms with E-state index in [0.29, 0.717) is 6.61 Å². The third-order valence-corrected chi connectivity index (χ3v) is 5.27. The Morgan fingerprint density at radius 3 is 2.71 bits per heavy atom. The van der Waals surface area contributed by atoms with E-state index in [4.69, 9.17) is 4.74 Å². The van der Waals surface area contributed by atoms with E-state index in [1.54, 1.807) is 6.20 Å². The Bertz CT molecular complexity index is 728. The molecule has 0 bridgehead atoms. The van der Waals surface area contributed by atoms with Gasteiger partial charge in [0.2, 0.25) is 11.8 Å². The number of amides is 1. The van der Waals surface area contributed by atoms with E-state index in [1.807, 2.05) is 19.1 Å². The summed E-state index contributed by atoms with van der Waals surface area (Å²) < 4.78 is 5.62. The third-order valence-electron chi connectivity index (χ3n) is 5.27. The summed E-state index contributed by atoms with van der Waals surface area (Å²) >= 11 is 0. The van der Waals surface area contributed by atoms with E-state index in [2.05, 4.69) is 45.5 Å². The van der Waals surface area contributed by atoms with E-state index >= 15 is 0 Å². The lowest BCUT2D eigenvalue weighted by Crippen LogP contribution is -2.40. The molecule has 0 aliphatic carbocycles. The van der Waals surface area contributed by atoms with Gasteiger partial charge in [-0.15, -0.1) is 0 Å². The molecule has 1 aromatic heterocycles. The van der Waals surface area contributed by atoms with Crippen LogP contribution in [0.5, 0.6) is 5.88 Å². The second-order valence-corrected chi connectivity index (χ2v) is 7.33. The highest BCUT2D eigenvalue weighted by atomic mass is 16.5. The highest BCUT2D eigenvalue weighted by molar-refractivity contribution is 5.78. The Hall–Kier alpha value is -2.40. The van der Waals surface area contributed by atoms with E-state index < -0.39 is 0 Å². The first-order valence-corrected chi connectivity index (χ1v) is 10.4. The molecule has 1 amide bonds. The van der Waals surface area contributed by atoms with Crippen LogP contribution in [-0.4, -0.2) is 42.0 Å². The van der Waals surface area contributed by atoms with Gasteiger partial charge in [0.15, 0.2) is 0 Å². The second-order valence-electron chi connectivity index (χ2n) is 7.33. The number of nitrogens with one attached hydrogen (secondary N) is 1. The highest BCUT2D eigenvalue weighted by Gasteiger charge is 2.25. The van der Waals surface area contributed by atoms with E-state index in [1.165, 1.54) is 5.56 Å². The van der Waals surface area contributed by atoms with Gasteiger partial charge in [-0.05, 0) is 57.3 Å². The maximum atomic E-state index is 12.5. The van der Waals surface area contributed by atoms with Crippen LogP contribution in [0.2, 0.25) is 0 Å². The summed E-state index contributed by atoms with van der Waals surface area (Å²) in [4.78, 5) is 19.2. The average molecular weight is 382 g/mol. The fourth-order valence-corrected chi connectivity index (χ4v) is 3.70. The van der Waals surface area contributed by atoms with E-state index in [-0.39, 0.29) is 11.8 Å². The number of rotatable bonds is 9. The topological polar surface area (TPSA) is 54.5 Å². The molecule has 3 rings (SSSR count). The van der Waals surface area contributed by atoms with Gasteiger partial charge in [-0.1, -0.05) is 36.4 Å². The van der Waals surface area contributed by atoms with Crippen molar-refractivity contribution in [3.8, 4) is 5.88 Å². The van der Waals surface area contributed by atoms with Crippen molar-refractivity contribution >= 4 is 5.91 Å². The molecule has 2 aromatic rings. The molecule has 2 heterocycles. The number of likely N-dealkylation sites (tertiary alicyclic amines) is 1. The molecule has 0 saturated carbocycles. The average Bonchev–Trinajstić information content (AvgIpc) is 2.74. The molecule has 0 unspecified atom stereocenters. The van der Waals surface area contributed by atoms with Gasteiger partial charge in [0, 0.05) is 30.8 Å². The minimum atomic E-state index is 0.133. The molecule has 0 radical (unpaired) electrons. The number of ether oxygens (including phenoxy) is 1. The second kappa shape index (κ2) is 10.8. The Labute approximate surface area is 168 Å². The zero-order valence-corrected chi connectivity index (χ0v) is 16.8. The lowest BCUT2D eigenvalue weighted by atomic mass is 9.95. The summed E-state index contributed by atoms with van der Waals surface area (Å²) in [5.74, 6) is 1.07. The SMILES string of the molecule is CCOc1ncccc1CN1CCC(C(=O)NCCCc2ccccc2)CC1. The number of pyridine rings is 1. The summed E-state index contributed by atoms with van der Waals surface area (Å²) in [5.41, 5.74) is 2.44. The Morgan fingerprint density at radius 1 is 1.18 bits per heavy atom. The highest BCUT2D eigenvalue weighted by Crippen LogP contribution is 2.22. The predicted octanol–water partition coefficient (Wildman–Crippen LogP) is 3.44. The first-order chi connectivity index (χ1) is 13.8. The molecule has 1 N–H and O–H groups in total. The van der Waals surface area contributed by atoms with Crippen molar-refractivity contribution in [2.24, 2.45) is 5.92 Å². The van der Waals surface area contributed by atoms with Gasteiger partial charge in [-0.25, -0.2) is 4.98 Å². The van der Waals surface area contributed by atoms with Crippen molar-refractivity contribution in [1.29, 1.82) is 0 Å². The largest absolute Gasteiger partial charge is 0.478 e. The molecule has 1 aromatic carbocycles. The zero-order chi connectivity index (χ0) is 19.6. The van der Waals surface area contributed by atoms with Gasteiger partial charge in [0.05, 0.1) is 6.61 Å². The number of nitrogens with zero attached hydrogens (tertiary/aromatic N) is 2. The number of aromatic nitrogens is 1. The first-order valence-electron chi connectivity index (χ1n) is 10.4. The van der Waals surface area contributed by atoms with Crippen molar-refractivity contribution in [1.82, 2.24) is 15.2 Å². The maximum Gasteiger partial charge on any atom is 0.223 e. The standard InChI is InChI=1S/C23H31N3O2/c1-2-28-23-21(11-7-15-25-23)18-26-16-12-20(13-17-26)22(27)24-14-6-10-19-8-4-3-5-9-19/h3-5,7-9,11,15,20H,2,6,10,12-14,16-18H2,1H3,(H,24,27). The van der Waals surface area contributed by atoms with Gasteiger partial charge in [0.1, 0.15) is 0 Å². The van der Waals surface area contributed by atoms with E-state index in [9.17, 15) is 4.79 Å². The quantitative estimate of drug-likeness (QED) is 0.676. The van der Waals surface area contributed by atoms with E-state index in [0.717, 1.165) is 63.3 Å². The molecular formula is C23H31N3O2. The maximum absolute atomic E-state index is 12.5. The van der Waals surface area contributed by atoms with Gasteiger partial charge >= 0.3 is 0 Å².